The van der Waals surface area contributed by atoms with Gasteiger partial charge in [0.2, 0.25) is 5.91 Å². The van der Waals surface area contributed by atoms with E-state index in [0.29, 0.717) is 28.5 Å². The van der Waals surface area contributed by atoms with Crippen LogP contribution in [0.1, 0.15) is 51.1 Å². The molecule has 33 heavy (non-hydrogen) atoms. The number of nitrogens with zero attached hydrogens (tertiary/aromatic N) is 3. The van der Waals surface area contributed by atoms with Crippen molar-refractivity contribution in [2.75, 3.05) is 20.6 Å². The molecule has 1 aliphatic heterocycles. The molecule has 2 aromatic rings. The van der Waals surface area contributed by atoms with Gasteiger partial charge in [-0.3, -0.25) is 4.79 Å². The van der Waals surface area contributed by atoms with Gasteiger partial charge in [-0.1, -0.05) is 38.4 Å². The summed E-state index contributed by atoms with van der Waals surface area (Å²) < 4.78 is 17.2. The van der Waals surface area contributed by atoms with E-state index in [2.05, 4.69) is 27.1 Å². The quantitative estimate of drug-likeness (QED) is 0.663. The van der Waals surface area contributed by atoms with E-state index in [1.807, 2.05) is 33.8 Å². The lowest BCUT2D eigenvalue weighted by Gasteiger charge is -2.31. The van der Waals surface area contributed by atoms with Gasteiger partial charge in [-0.2, -0.15) is 0 Å². The van der Waals surface area contributed by atoms with E-state index in [1.165, 1.54) is 6.07 Å². The van der Waals surface area contributed by atoms with E-state index in [0.717, 1.165) is 36.6 Å². The number of amides is 1. The first-order valence-electron chi connectivity index (χ1n) is 11.4. The van der Waals surface area contributed by atoms with Crippen LogP contribution in [0.2, 0.25) is 5.02 Å². The number of carbonyl (C=O) groups excluding carboxylic acids is 1. The molecule has 1 unspecified atom stereocenters. The first-order chi connectivity index (χ1) is 15.5. The highest BCUT2D eigenvalue weighted by atomic mass is 35.5. The number of aryl methyl sites for hydroxylation is 1. The molecule has 0 saturated carbocycles. The summed E-state index contributed by atoms with van der Waals surface area (Å²) in [5.41, 5.74) is 3.22. The van der Waals surface area contributed by atoms with Crippen molar-refractivity contribution in [3.05, 3.63) is 46.0 Å². The SMILES string of the molecule is C/C=C(\NC(C(=O)NC)C(C)(C)C)c1nc(-c2cc(Cl)c(C)cc2F)n2c1CN(C)CCC2. The minimum Gasteiger partial charge on any atom is -0.372 e. The molecule has 1 atom stereocenters. The predicted molar refractivity (Wildman–Crippen MR) is 132 cm³/mol. The Kier molecular flexibility index (Phi) is 7.54. The molecule has 1 aliphatic rings. The first kappa shape index (κ1) is 25.2. The lowest BCUT2D eigenvalue weighted by Crippen LogP contribution is -2.50. The summed E-state index contributed by atoms with van der Waals surface area (Å²) in [6.07, 6.45) is 2.85. The maximum absolute atomic E-state index is 15.1. The van der Waals surface area contributed by atoms with Crippen LogP contribution in [0.4, 0.5) is 4.39 Å². The number of allylic oxidation sites excluding steroid dienone is 1. The van der Waals surface area contributed by atoms with E-state index < -0.39 is 6.04 Å². The molecule has 0 saturated heterocycles. The molecule has 3 rings (SSSR count). The van der Waals surface area contributed by atoms with Crippen molar-refractivity contribution in [2.45, 2.75) is 60.2 Å². The number of likely N-dealkylation sites (N-methyl/N-ethyl adjacent to an activating group) is 1. The molecule has 0 radical (unpaired) electrons. The number of fused-ring (bicyclic) bond motifs is 1. The largest absolute Gasteiger partial charge is 0.372 e. The Labute approximate surface area is 201 Å². The number of hydrogen-bond donors (Lipinski definition) is 2. The topological polar surface area (TPSA) is 62.2 Å². The molecule has 6 nitrogen and oxygen atoms in total. The lowest BCUT2D eigenvalue weighted by atomic mass is 9.85. The number of halogens is 2. The third-order valence-electron chi connectivity index (χ3n) is 6.12. The third-order valence-corrected chi connectivity index (χ3v) is 6.53. The third kappa shape index (κ3) is 5.25. The van der Waals surface area contributed by atoms with Gasteiger partial charge in [-0.05, 0) is 57.0 Å². The van der Waals surface area contributed by atoms with Crippen molar-refractivity contribution >= 4 is 23.2 Å². The fraction of sp³-hybridized carbons (Fsp3) is 0.520. The number of carbonyl (C=O) groups is 1. The molecule has 1 aromatic carbocycles. The average Bonchev–Trinajstić information content (AvgIpc) is 2.95. The van der Waals surface area contributed by atoms with Crippen LogP contribution in [0.15, 0.2) is 18.2 Å². The zero-order valence-electron chi connectivity index (χ0n) is 20.6. The zero-order chi connectivity index (χ0) is 24.5. The molecular weight excluding hydrogens is 441 g/mol. The van der Waals surface area contributed by atoms with Crippen molar-refractivity contribution in [1.82, 2.24) is 25.1 Å². The Morgan fingerprint density at radius 3 is 2.61 bits per heavy atom. The first-order valence-corrected chi connectivity index (χ1v) is 11.7. The Morgan fingerprint density at radius 1 is 1.30 bits per heavy atom. The molecule has 180 valence electrons. The molecule has 8 heteroatoms. The van der Waals surface area contributed by atoms with E-state index in [1.54, 1.807) is 20.0 Å². The molecule has 0 fully saturated rings. The van der Waals surface area contributed by atoms with E-state index in [9.17, 15) is 4.79 Å². The van der Waals surface area contributed by atoms with Crippen LogP contribution in [-0.2, 0) is 17.9 Å². The van der Waals surface area contributed by atoms with E-state index in [4.69, 9.17) is 16.6 Å². The monoisotopic (exact) mass is 475 g/mol. The van der Waals surface area contributed by atoms with Crippen molar-refractivity contribution in [3.63, 3.8) is 0 Å². The molecular formula is C25H35ClFN5O. The fourth-order valence-corrected chi connectivity index (χ4v) is 4.39. The van der Waals surface area contributed by atoms with Crippen LogP contribution in [0.5, 0.6) is 0 Å². The predicted octanol–water partition coefficient (Wildman–Crippen LogP) is 4.60. The van der Waals surface area contributed by atoms with Crippen LogP contribution >= 0.6 is 11.6 Å². The van der Waals surface area contributed by atoms with Crippen LogP contribution in [0.25, 0.3) is 17.1 Å². The van der Waals surface area contributed by atoms with Crippen molar-refractivity contribution in [1.29, 1.82) is 0 Å². The summed E-state index contributed by atoms with van der Waals surface area (Å²) in [7, 11) is 3.71. The van der Waals surface area contributed by atoms with Gasteiger partial charge in [0.05, 0.1) is 17.0 Å². The van der Waals surface area contributed by atoms with Gasteiger partial charge in [0.25, 0.3) is 0 Å². The van der Waals surface area contributed by atoms with Gasteiger partial charge in [-0.25, -0.2) is 9.37 Å². The molecule has 0 spiro atoms. The molecule has 2 heterocycles. The number of hydrogen-bond acceptors (Lipinski definition) is 4. The minimum atomic E-state index is -0.469. The molecule has 2 N–H and O–H groups in total. The lowest BCUT2D eigenvalue weighted by molar-refractivity contribution is -0.124. The maximum atomic E-state index is 15.1. The number of imidazole rings is 1. The van der Waals surface area contributed by atoms with E-state index >= 15 is 4.39 Å². The van der Waals surface area contributed by atoms with Crippen LogP contribution in [0.3, 0.4) is 0 Å². The second-order valence-electron chi connectivity index (χ2n) is 9.81. The van der Waals surface area contributed by atoms with Crippen LogP contribution in [-0.4, -0.2) is 47.0 Å². The molecule has 0 bridgehead atoms. The number of benzene rings is 1. The summed E-state index contributed by atoms with van der Waals surface area (Å²) in [6, 6.07) is 2.65. The summed E-state index contributed by atoms with van der Waals surface area (Å²) >= 11 is 6.36. The maximum Gasteiger partial charge on any atom is 0.242 e. The Balaban J connectivity index is 2.17. The number of aromatic nitrogens is 2. The average molecular weight is 476 g/mol. The van der Waals surface area contributed by atoms with E-state index in [-0.39, 0.29) is 17.1 Å². The summed E-state index contributed by atoms with van der Waals surface area (Å²) in [6.45, 7) is 12.1. The van der Waals surface area contributed by atoms with Gasteiger partial charge >= 0.3 is 0 Å². The Bertz CT molecular complexity index is 1070. The van der Waals surface area contributed by atoms with Gasteiger partial charge in [0.1, 0.15) is 23.4 Å². The highest BCUT2D eigenvalue weighted by Gasteiger charge is 2.33. The molecule has 1 amide bonds. The van der Waals surface area contributed by atoms with Gasteiger partial charge in [0.15, 0.2) is 0 Å². The van der Waals surface area contributed by atoms with Crippen molar-refractivity contribution < 1.29 is 9.18 Å². The second kappa shape index (κ2) is 9.85. The van der Waals surface area contributed by atoms with Gasteiger partial charge in [0, 0.05) is 25.2 Å². The van der Waals surface area contributed by atoms with Crippen LogP contribution < -0.4 is 10.6 Å². The summed E-state index contributed by atoms with van der Waals surface area (Å²) in [5, 5.41) is 6.69. The van der Waals surface area contributed by atoms with Crippen LogP contribution in [0, 0.1) is 18.2 Å². The highest BCUT2D eigenvalue weighted by Crippen LogP contribution is 2.33. The molecule has 1 aromatic heterocycles. The zero-order valence-corrected chi connectivity index (χ0v) is 21.4. The number of rotatable bonds is 5. The Morgan fingerprint density at radius 2 is 2.00 bits per heavy atom. The van der Waals surface area contributed by atoms with Crippen molar-refractivity contribution in [2.24, 2.45) is 5.41 Å². The summed E-state index contributed by atoms with van der Waals surface area (Å²) in [5.74, 6) is 0.116. The van der Waals surface area contributed by atoms with Gasteiger partial charge in [-0.15, -0.1) is 0 Å². The number of nitrogens with one attached hydrogen (secondary N) is 2. The normalized spacial score (nSPS) is 16.2. The summed E-state index contributed by atoms with van der Waals surface area (Å²) in [4.78, 5) is 19.9. The van der Waals surface area contributed by atoms with Crippen molar-refractivity contribution in [3.8, 4) is 11.4 Å². The smallest absolute Gasteiger partial charge is 0.242 e. The Hall–Kier alpha value is -2.38. The fourth-order valence-electron chi connectivity index (χ4n) is 4.22. The second-order valence-corrected chi connectivity index (χ2v) is 10.2. The highest BCUT2D eigenvalue weighted by molar-refractivity contribution is 6.31. The minimum absolute atomic E-state index is 0.0964. The molecule has 0 aliphatic carbocycles. The standard InChI is InChI=1S/C25H35ClFN5O/c1-8-19(29-22(24(33)28-6)25(3,4)5)21-20-14-31(7)10-9-11-32(20)23(30-21)16-13-17(26)15(2)12-18(16)27/h8,12-13,22,29H,9-11,14H2,1-7H3,(H,28,33)/b19-8-. The van der Waals surface area contributed by atoms with Gasteiger partial charge < -0.3 is 20.1 Å².